The third-order valence-corrected chi connectivity index (χ3v) is 6.45. The minimum absolute atomic E-state index is 0.115. The van der Waals surface area contributed by atoms with E-state index in [4.69, 9.17) is 13.6 Å². The zero-order valence-corrected chi connectivity index (χ0v) is 19.9. The summed E-state index contributed by atoms with van der Waals surface area (Å²) in [5, 5.41) is 0. The lowest BCUT2D eigenvalue weighted by Crippen LogP contribution is -2.04. The first-order chi connectivity index (χ1) is 16.6. The van der Waals surface area contributed by atoms with E-state index >= 15 is 0 Å². The van der Waals surface area contributed by atoms with Gasteiger partial charge in [-0.2, -0.15) is 0 Å². The highest BCUT2D eigenvalue weighted by Gasteiger charge is 2.29. The normalized spacial score (nSPS) is 11.6. The lowest BCUT2D eigenvalue weighted by Gasteiger charge is -2.20. The maximum absolute atomic E-state index is 13.6. The van der Waals surface area contributed by atoms with Crippen molar-refractivity contribution in [2.24, 2.45) is 0 Å². The van der Waals surface area contributed by atoms with Gasteiger partial charge >= 0.3 is 7.82 Å². The van der Waals surface area contributed by atoms with E-state index in [-0.39, 0.29) is 13.2 Å². The Labute approximate surface area is 201 Å². The van der Waals surface area contributed by atoms with Crippen LogP contribution in [0.1, 0.15) is 27.8 Å². The van der Waals surface area contributed by atoms with Crippen molar-refractivity contribution >= 4 is 20.0 Å². The maximum Gasteiger partial charge on any atom is 0.530 e. The standard InChI is InChI=1S/C29H27O4P/c1-24-21-26(18-17-25-11-5-2-6-12-25)19-20-29(24)33-34(30,31-22-27-13-7-3-8-14-27)32-23-28-15-9-4-10-16-28/h2-21H,22-23H2,1H3. The fraction of sp³-hybridized carbons (Fsp3) is 0.103. The maximum atomic E-state index is 13.6. The van der Waals surface area contributed by atoms with Crippen LogP contribution in [0.4, 0.5) is 0 Å². The molecule has 0 aliphatic rings. The Bertz CT molecular complexity index is 1210. The van der Waals surface area contributed by atoms with Crippen molar-refractivity contribution in [3.8, 4) is 5.75 Å². The highest BCUT2D eigenvalue weighted by molar-refractivity contribution is 7.48. The number of benzene rings is 4. The molecular formula is C29H27O4P. The fourth-order valence-corrected chi connectivity index (χ4v) is 4.54. The van der Waals surface area contributed by atoms with Crippen LogP contribution in [0.3, 0.4) is 0 Å². The molecule has 0 radical (unpaired) electrons. The summed E-state index contributed by atoms with van der Waals surface area (Å²) in [4.78, 5) is 0. The first-order valence-electron chi connectivity index (χ1n) is 11.1. The van der Waals surface area contributed by atoms with Crippen LogP contribution in [0.5, 0.6) is 5.75 Å². The van der Waals surface area contributed by atoms with Gasteiger partial charge in [0.15, 0.2) is 0 Å². The van der Waals surface area contributed by atoms with Crippen molar-refractivity contribution in [2.45, 2.75) is 20.1 Å². The molecule has 0 saturated carbocycles. The summed E-state index contributed by atoms with van der Waals surface area (Å²) in [6.07, 6.45) is 4.08. The predicted octanol–water partition coefficient (Wildman–Crippen LogP) is 8.09. The highest BCUT2D eigenvalue weighted by atomic mass is 31.2. The molecule has 4 aromatic rings. The molecule has 0 spiro atoms. The van der Waals surface area contributed by atoms with Crippen LogP contribution < -0.4 is 4.52 Å². The number of hydrogen-bond donors (Lipinski definition) is 0. The molecule has 0 unspecified atom stereocenters. The van der Waals surface area contributed by atoms with Crippen LogP contribution in [0.15, 0.2) is 109 Å². The molecule has 0 N–H and O–H groups in total. The van der Waals surface area contributed by atoms with Gasteiger partial charge in [-0.05, 0) is 46.9 Å². The highest BCUT2D eigenvalue weighted by Crippen LogP contribution is 2.51. The third-order valence-electron chi connectivity index (χ3n) is 5.14. The quantitative estimate of drug-likeness (QED) is 0.174. The minimum atomic E-state index is -3.90. The summed E-state index contributed by atoms with van der Waals surface area (Å²) in [5.74, 6) is 0.460. The third kappa shape index (κ3) is 7.03. The second-order valence-electron chi connectivity index (χ2n) is 7.83. The molecule has 4 rings (SSSR count). The molecule has 0 bridgehead atoms. The fourth-order valence-electron chi connectivity index (χ4n) is 3.30. The topological polar surface area (TPSA) is 44.8 Å². The molecule has 172 valence electrons. The smallest absolute Gasteiger partial charge is 0.404 e. The van der Waals surface area contributed by atoms with Crippen LogP contribution >= 0.6 is 7.82 Å². The van der Waals surface area contributed by atoms with Crippen LogP contribution in [0.25, 0.3) is 12.2 Å². The second kappa shape index (κ2) is 11.6. The molecule has 0 heterocycles. The molecule has 5 heteroatoms. The number of aryl methyl sites for hydroxylation is 1. The monoisotopic (exact) mass is 470 g/mol. The number of phosphoric ester groups is 1. The minimum Gasteiger partial charge on any atom is -0.404 e. The number of phosphoric acid groups is 1. The van der Waals surface area contributed by atoms with Gasteiger partial charge in [0.2, 0.25) is 0 Å². The predicted molar refractivity (Wildman–Crippen MR) is 137 cm³/mol. The van der Waals surface area contributed by atoms with Crippen molar-refractivity contribution in [3.05, 3.63) is 137 Å². The van der Waals surface area contributed by atoms with Gasteiger partial charge < -0.3 is 4.52 Å². The molecule has 0 atom stereocenters. The van der Waals surface area contributed by atoms with E-state index in [0.29, 0.717) is 5.75 Å². The van der Waals surface area contributed by atoms with Gasteiger partial charge in [0.25, 0.3) is 0 Å². The van der Waals surface area contributed by atoms with Crippen molar-refractivity contribution in [1.82, 2.24) is 0 Å². The summed E-state index contributed by atoms with van der Waals surface area (Å²) >= 11 is 0. The lowest BCUT2D eigenvalue weighted by atomic mass is 10.1. The van der Waals surface area contributed by atoms with Gasteiger partial charge in [-0.25, -0.2) is 4.57 Å². The van der Waals surface area contributed by atoms with E-state index in [1.54, 1.807) is 6.07 Å². The molecule has 4 nitrogen and oxygen atoms in total. The van der Waals surface area contributed by atoms with Crippen molar-refractivity contribution in [3.63, 3.8) is 0 Å². The summed E-state index contributed by atoms with van der Waals surface area (Å²) in [6.45, 7) is 2.14. The Hall–Kier alpha value is -3.43. The number of hydrogen-bond acceptors (Lipinski definition) is 4. The van der Waals surface area contributed by atoms with E-state index in [2.05, 4.69) is 0 Å². The van der Waals surface area contributed by atoms with E-state index in [0.717, 1.165) is 27.8 Å². The van der Waals surface area contributed by atoms with E-state index in [9.17, 15) is 4.57 Å². The molecule has 0 saturated heterocycles. The Kier molecular flexibility index (Phi) is 8.11. The first-order valence-corrected chi connectivity index (χ1v) is 12.6. The SMILES string of the molecule is Cc1cc(C=Cc2ccccc2)ccc1OP(=O)(OCc1ccccc1)OCc1ccccc1. The molecule has 0 fully saturated rings. The molecule has 0 aliphatic heterocycles. The molecular weight excluding hydrogens is 443 g/mol. The van der Waals surface area contributed by atoms with Crippen molar-refractivity contribution in [2.75, 3.05) is 0 Å². The van der Waals surface area contributed by atoms with Crippen molar-refractivity contribution < 1.29 is 18.1 Å². The van der Waals surface area contributed by atoms with E-state index in [1.807, 2.05) is 122 Å². The largest absolute Gasteiger partial charge is 0.530 e. The van der Waals surface area contributed by atoms with Crippen LogP contribution in [0, 0.1) is 6.92 Å². The van der Waals surface area contributed by atoms with Crippen molar-refractivity contribution in [1.29, 1.82) is 0 Å². The average molecular weight is 471 g/mol. The average Bonchev–Trinajstić information content (AvgIpc) is 2.89. The Morgan fingerprint density at radius 1 is 0.647 bits per heavy atom. The zero-order chi connectivity index (χ0) is 23.6. The van der Waals surface area contributed by atoms with Gasteiger partial charge in [-0.3, -0.25) is 9.05 Å². The molecule has 0 aliphatic carbocycles. The van der Waals surface area contributed by atoms with Crippen LogP contribution in [-0.4, -0.2) is 0 Å². The lowest BCUT2D eigenvalue weighted by molar-refractivity contribution is 0.143. The Morgan fingerprint density at radius 3 is 1.68 bits per heavy atom. The molecule has 0 amide bonds. The van der Waals surface area contributed by atoms with Gasteiger partial charge in [0.05, 0.1) is 13.2 Å². The summed E-state index contributed by atoms with van der Waals surface area (Å²) in [6, 6.07) is 34.9. The van der Waals surface area contributed by atoms with E-state index < -0.39 is 7.82 Å². The first kappa shape index (κ1) is 23.7. The Morgan fingerprint density at radius 2 is 1.15 bits per heavy atom. The van der Waals surface area contributed by atoms with E-state index in [1.165, 1.54) is 0 Å². The van der Waals surface area contributed by atoms with Gasteiger partial charge in [0.1, 0.15) is 5.75 Å². The molecule has 34 heavy (non-hydrogen) atoms. The molecule has 4 aromatic carbocycles. The van der Waals surface area contributed by atoms with Gasteiger partial charge in [-0.15, -0.1) is 0 Å². The summed E-state index contributed by atoms with van der Waals surface area (Å²) in [5.41, 5.74) is 4.73. The van der Waals surface area contributed by atoms with Crippen LogP contribution in [-0.2, 0) is 26.8 Å². The van der Waals surface area contributed by atoms with Gasteiger partial charge in [0, 0.05) is 0 Å². The summed E-state index contributed by atoms with van der Waals surface area (Å²) < 4.78 is 30.9. The molecule has 0 aromatic heterocycles. The second-order valence-corrected chi connectivity index (χ2v) is 9.42. The zero-order valence-electron chi connectivity index (χ0n) is 19.0. The van der Waals surface area contributed by atoms with Gasteiger partial charge in [-0.1, -0.05) is 109 Å². The summed E-state index contributed by atoms with van der Waals surface area (Å²) in [7, 11) is -3.90. The van der Waals surface area contributed by atoms with Crippen LogP contribution in [0.2, 0.25) is 0 Å². The Balaban J connectivity index is 1.50. The number of rotatable bonds is 10.